The molecule has 6 aromatic rings. The lowest BCUT2D eigenvalue weighted by molar-refractivity contribution is 0.132. The molecule has 10 rings (SSSR count). The smallest absolute Gasteiger partial charge is 0.128 e. The van der Waals surface area contributed by atoms with Crippen LogP contribution in [0.3, 0.4) is 0 Å². The maximum atomic E-state index is 6.46. The minimum Gasteiger partial charge on any atom is -0.497 e. The molecule has 4 aliphatic rings. The molecule has 2 saturated carbocycles. The first-order valence-corrected chi connectivity index (χ1v) is 22.3. The van der Waals surface area contributed by atoms with E-state index in [4.69, 9.17) is 28.4 Å². The van der Waals surface area contributed by atoms with Crippen molar-refractivity contribution in [2.24, 2.45) is 11.8 Å². The van der Waals surface area contributed by atoms with Crippen molar-refractivity contribution in [2.45, 2.75) is 89.0 Å². The summed E-state index contributed by atoms with van der Waals surface area (Å²) in [6.45, 7) is 4.58. The summed E-state index contributed by atoms with van der Waals surface area (Å²) in [5.74, 6) is 4.60. The van der Waals surface area contributed by atoms with Crippen LogP contribution in [0.25, 0.3) is 0 Å². The lowest BCUT2D eigenvalue weighted by atomic mass is 9.89. The molecule has 8 unspecified atom stereocenters. The Bertz CT molecular complexity index is 2270. The highest BCUT2D eigenvalue weighted by atomic mass is 16.6. The highest BCUT2D eigenvalue weighted by molar-refractivity contribution is 5.79. The molecule has 0 N–H and O–H groups in total. The van der Waals surface area contributed by atoms with Crippen LogP contribution in [0.2, 0.25) is 0 Å². The van der Waals surface area contributed by atoms with E-state index in [9.17, 15) is 0 Å². The summed E-state index contributed by atoms with van der Waals surface area (Å²) in [5.41, 5.74) is 8.83. The SMILES string of the molecule is COc1cccc(N(c2ccc(CCc3ccc(N(c4ccc(OC5CC(C)CC6OC56)cc4)c4cccc(OC)c4)cc3)cc2)c2ccc(OC3CC(C)CC4OC34)cc2)c1. The van der Waals surface area contributed by atoms with Crippen LogP contribution in [-0.4, -0.2) is 50.8 Å². The van der Waals surface area contributed by atoms with E-state index < -0.39 is 0 Å². The normalized spacial score (nSPS) is 24.5. The zero-order valence-corrected chi connectivity index (χ0v) is 36.1. The molecule has 6 aromatic carbocycles. The number of fused-ring (bicyclic) bond motifs is 2. The van der Waals surface area contributed by atoms with Crippen LogP contribution in [-0.2, 0) is 22.3 Å². The predicted molar refractivity (Wildman–Crippen MR) is 246 cm³/mol. The van der Waals surface area contributed by atoms with Crippen molar-refractivity contribution < 1.29 is 28.4 Å². The van der Waals surface area contributed by atoms with Gasteiger partial charge in [0.2, 0.25) is 0 Å². The van der Waals surface area contributed by atoms with Gasteiger partial charge in [0.25, 0.3) is 0 Å². The molecular weight excluding hydrogens is 773 g/mol. The van der Waals surface area contributed by atoms with Crippen molar-refractivity contribution in [3.8, 4) is 23.0 Å². The quantitative estimate of drug-likeness (QED) is 0.0948. The minimum absolute atomic E-state index is 0.115. The van der Waals surface area contributed by atoms with Gasteiger partial charge in [-0.25, -0.2) is 0 Å². The molecule has 8 heteroatoms. The molecule has 2 saturated heterocycles. The topological polar surface area (TPSA) is 68.5 Å². The summed E-state index contributed by atoms with van der Waals surface area (Å²) in [7, 11) is 3.42. The first-order valence-electron chi connectivity index (χ1n) is 22.3. The third kappa shape index (κ3) is 8.85. The third-order valence-electron chi connectivity index (χ3n) is 13.0. The van der Waals surface area contributed by atoms with E-state index in [1.807, 2.05) is 24.3 Å². The van der Waals surface area contributed by atoms with E-state index in [1.165, 1.54) is 11.1 Å². The van der Waals surface area contributed by atoms with Gasteiger partial charge in [0.15, 0.2) is 0 Å². The molecule has 2 aliphatic heterocycles. The second-order valence-electron chi connectivity index (χ2n) is 17.6. The van der Waals surface area contributed by atoms with Crippen molar-refractivity contribution in [2.75, 3.05) is 24.0 Å². The zero-order valence-electron chi connectivity index (χ0n) is 36.1. The Balaban J connectivity index is 0.831. The first kappa shape index (κ1) is 40.1. The summed E-state index contributed by atoms with van der Waals surface area (Å²) in [4.78, 5) is 4.53. The average Bonchev–Trinajstić information content (AvgIpc) is 4.25. The third-order valence-corrected chi connectivity index (χ3v) is 13.0. The molecule has 0 radical (unpaired) electrons. The molecule has 2 heterocycles. The number of epoxide rings is 2. The maximum Gasteiger partial charge on any atom is 0.128 e. The van der Waals surface area contributed by atoms with Gasteiger partial charge in [-0.05, 0) is 159 Å². The lowest BCUT2D eigenvalue weighted by Gasteiger charge is -2.27. The predicted octanol–water partition coefficient (Wildman–Crippen LogP) is 12.3. The summed E-state index contributed by atoms with van der Waals surface area (Å²) in [5, 5.41) is 0. The largest absolute Gasteiger partial charge is 0.497 e. The Kier molecular flexibility index (Phi) is 11.3. The number of hydrogen-bond donors (Lipinski definition) is 0. The monoisotopic (exact) mass is 828 g/mol. The number of benzene rings is 6. The highest BCUT2D eigenvalue weighted by Crippen LogP contribution is 2.44. The Labute approximate surface area is 365 Å². The Morgan fingerprint density at radius 3 is 1.18 bits per heavy atom. The van der Waals surface area contributed by atoms with Gasteiger partial charge < -0.3 is 38.2 Å². The Hall–Kier alpha value is -5.96. The van der Waals surface area contributed by atoms with E-state index in [1.54, 1.807) is 14.2 Å². The van der Waals surface area contributed by atoms with Crippen LogP contribution in [0.5, 0.6) is 23.0 Å². The van der Waals surface area contributed by atoms with Crippen molar-refractivity contribution >= 4 is 34.1 Å². The van der Waals surface area contributed by atoms with Gasteiger partial charge in [-0.15, -0.1) is 0 Å². The van der Waals surface area contributed by atoms with Crippen molar-refractivity contribution in [1.29, 1.82) is 0 Å². The maximum absolute atomic E-state index is 6.46. The number of nitrogens with zero attached hydrogens (tertiary/aromatic N) is 2. The molecule has 62 heavy (non-hydrogen) atoms. The number of ether oxygens (including phenoxy) is 6. The molecule has 2 aliphatic carbocycles. The fourth-order valence-electron chi connectivity index (χ4n) is 9.63. The Morgan fingerprint density at radius 2 is 0.806 bits per heavy atom. The molecule has 8 nitrogen and oxygen atoms in total. The van der Waals surface area contributed by atoms with E-state index in [0.717, 1.165) is 95.6 Å². The molecule has 0 aromatic heterocycles. The summed E-state index contributed by atoms with van der Waals surface area (Å²) >= 11 is 0. The van der Waals surface area contributed by atoms with Crippen molar-refractivity contribution in [1.82, 2.24) is 0 Å². The van der Waals surface area contributed by atoms with Crippen molar-refractivity contribution in [3.05, 3.63) is 157 Å². The number of anilines is 6. The fourth-order valence-corrected chi connectivity index (χ4v) is 9.63. The van der Waals surface area contributed by atoms with Crippen LogP contribution in [0, 0.1) is 11.8 Å². The summed E-state index contributed by atoms with van der Waals surface area (Å²) in [6, 6.07) is 51.1. The molecular formula is C54H56N2O6. The second-order valence-corrected chi connectivity index (χ2v) is 17.6. The van der Waals surface area contributed by atoms with E-state index in [2.05, 4.69) is 145 Å². The standard InChI is InChI=1S/C54H56N2O6/c1-35-29-49(53-51(31-35)61-53)59-45-25-21-41(22-26-45)55(43-7-5-9-47(33-43)57-3)39-17-13-37(14-18-39)11-12-38-15-19-40(20-16-38)56(44-8-6-10-48(34-44)58-4)42-23-27-46(28-24-42)60-50-30-36(2)32-52-54(50)62-52/h5-10,13-28,33-36,49-54H,11-12,29-32H2,1-4H3. The number of rotatable bonds is 15. The van der Waals surface area contributed by atoms with E-state index in [0.29, 0.717) is 24.0 Å². The van der Waals surface area contributed by atoms with Gasteiger partial charge in [0.1, 0.15) is 47.4 Å². The number of hydrogen-bond acceptors (Lipinski definition) is 8. The molecule has 318 valence electrons. The minimum atomic E-state index is 0.115. The van der Waals surface area contributed by atoms with Crippen LogP contribution >= 0.6 is 0 Å². The number of aryl methyl sites for hydroxylation is 2. The lowest BCUT2D eigenvalue weighted by Crippen LogP contribution is -2.31. The average molecular weight is 829 g/mol. The van der Waals surface area contributed by atoms with Gasteiger partial charge in [0.05, 0.1) is 26.4 Å². The Morgan fingerprint density at radius 1 is 0.435 bits per heavy atom. The van der Waals surface area contributed by atoms with Crippen molar-refractivity contribution in [3.63, 3.8) is 0 Å². The van der Waals surface area contributed by atoms with Gasteiger partial charge in [-0.2, -0.15) is 0 Å². The van der Waals surface area contributed by atoms with Gasteiger partial charge >= 0.3 is 0 Å². The van der Waals surface area contributed by atoms with Crippen LogP contribution < -0.4 is 28.7 Å². The van der Waals surface area contributed by atoms with Crippen LogP contribution in [0.15, 0.2) is 146 Å². The molecule has 0 spiro atoms. The van der Waals surface area contributed by atoms with Gasteiger partial charge in [-0.3, -0.25) is 0 Å². The molecule has 0 amide bonds. The second kappa shape index (κ2) is 17.4. The van der Waals surface area contributed by atoms with E-state index >= 15 is 0 Å². The van der Waals surface area contributed by atoms with Gasteiger partial charge in [0, 0.05) is 46.3 Å². The van der Waals surface area contributed by atoms with Gasteiger partial charge in [-0.1, -0.05) is 50.2 Å². The summed E-state index contributed by atoms with van der Waals surface area (Å²) < 4.78 is 36.0. The van der Waals surface area contributed by atoms with Crippen LogP contribution in [0.4, 0.5) is 34.1 Å². The molecule has 0 bridgehead atoms. The molecule has 8 atom stereocenters. The summed E-state index contributed by atoms with van der Waals surface area (Å²) in [6.07, 6.45) is 7.61. The molecule has 4 fully saturated rings. The first-order chi connectivity index (χ1) is 30.4. The highest BCUT2D eigenvalue weighted by Gasteiger charge is 2.51. The van der Waals surface area contributed by atoms with Crippen LogP contribution in [0.1, 0.15) is 50.7 Å². The fraction of sp³-hybridized carbons (Fsp3) is 0.333. The number of methoxy groups -OCH3 is 2. The zero-order chi connectivity index (χ0) is 42.2. The van der Waals surface area contributed by atoms with E-state index in [-0.39, 0.29) is 24.4 Å².